The second-order valence-corrected chi connectivity index (χ2v) is 5.81. The van der Waals surface area contributed by atoms with Gasteiger partial charge in [0.05, 0.1) is 11.4 Å². The summed E-state index contributed by atoms with van der Waals surface area (Å²) in [4.78, 5) is 10.8. The summed E-state index contributed by atoms with van der Waals surface area (Å²) in [5, 5.41) is 13.5. The van der Waals surface area contributed by atoms with E-state index in [1.165, 1.54) is 0 Å². The number of benzene rings is 2. The van der Waals surface area contributed by atoms with Crippen molar-refractivity contribution in [3.05, 3.63) is 76.9 Å². The second-order valence-electron chi connectivity index (χ2n) is 4.89. The lowest BCUT2D eigenvalue weighted by Gasteiger charge is -2.00. The van der Waals surface area contributed by atoms with Gasteiger partial charge in [0.15, 0.2) is 0 Å². The van der Waals surface area contributed by atoms with Crippen molar-refractivity contribution < 1.29 is 9.90 Å². The van der Waals surface area contributed by atoms with E-state index in [0.29, 0.717) is 0 Å². The van der Waals surface area contributed by atoms with Crippen LogP contribution >= 0.6 is 15.9 Å². The summed E-state index contributed by atoms with van der Waals surface area (Å²) < 4.78 is 2.73. The standard InChI is InChI=1S/C18H13BrN2O2/c19-15-9-6-13(7-10-15)18-14(8-11-17(22)23)12-21(20-18)16-4-2-1-3-5-16/h1-12H,(H,22,23). The number of aliphatic carboxylic acids is 1. The molecule has 3 rings (SSSR count). The molecule has 0 aliphatic rings. The lowest BCUT2D eigenvalue weighted by molar-refractivity contribution is -0.131. The number of para-hydroxylation sites is 1. The van der Waals surface area contributed by atoms with Gasteiger partial charge in [-0.15, -0.1) is 0 Å². The third-order valence-electron chi connectivity index (χ3n) is 3.29. The van der Waals surface area contributed by atoms with Gasteiger partial charge >= 0.3 is 5.97 Å². The summed E-state index contributed by atoms with van der Waals surface area (Å²) in [5.41, 5.74) is 3.33. The molecule has 0 saturated heterocycles. The minimum Gasteiger partial charge on any atom is -0.478 e. The molecule has 5 heteroatoms. The van der Waals surface area contributed by atoms with Gasteiger partial charge in [0.1, 0.15) is 0 Å². The maximum Gasteiger partial charge on any atom is 0.328 e. The minimum atomic E-state index is -0.987. The van der Waals surface area contributed by atoms with E-state index < -0.39 is 5.97 Å². The number of aromatic nitrogens is 2. The normalized spacial score (nSPS) is 11.0. The Kier molecular flexibility index (Phi) is 4.39. The van der Waals surface area contributed by atoms with Gasteiger partial charge in [-0.25, -0.2) is 9.48 Å². The van der Waals surface area contributed by atoms with Crippen LogP contribution in [0, 0.1) is 0 Å². The summed E-state index contributed by atoms with van der Waals surface area (Å²) in [6.45, 7) is 0. The highest BCUT2D eigenvalue weighted by Crippen LogP contribution is 2.26. The van der Waals surface area contributed by atoms with E-state index in [0.717, 1.165) is 33.1 Å². The molecule has 0 saturated carbocycles. The number of carboxylic acids is 1. The third kappa shape index (κ3) is 3.57. The topological polar surface area (TPSA) is 55.1 Å². The first-order valence-corrected chi connectivity index (χ1v) is 7.75. The largest absolute Gasteiger partial charge is 0.478 e. The van der Waals surface area contributed by atoms with Crippen LogP contribution in [0.15, 0.2) is 71.3 Å². The Morgan fingerprint density at radius 3 is 2.43 bits per heavy atom. The number of nitrogens with zero attached hydrogens (tertiary/aromatic N) is 2. The zero-order chi connectivity index (χ0) is 16.2. The zero-order valence-corrected chi connectivity index (χ0v) is 13.6. The Hall–Kier alpha value is -2.66. The number of carbonyl (C=O) groups is 1. The monoisotopic (exact) mass is 368 g/mol. The summed E-state index contributed by atoms with van der Waals surface area (Å²) >= 11 is 3.41. The maximum atomic E-state index is 10.8. The number of rotatable bonds is 4. The molecule has 1 heterocycles. The van der Waals surface area contributed by atoms with Gasteiger partial charge < -0.3 is 5.11 Å². The predicted octanol–water partition coefficient (Wildman–Crippen LogP) is 4.40. The number of hydrogen-bond acceptors (Lipinski definition) is 2. The lowest BCUT2D eigenvalue weighted by Crippen LogP contribution is -1.93. The number of hydrogen-bond donors (Lipinski definition) is 1. The smallest absolute Gasteiger partial charge is 0.328 e. The molecule has 0 radical (unpaired) electrons. The molecule has 0 spiro atoms. The van der Waals surface area contributed by atoms with Crippen LogP contribution < -0.4 is 0 Å². The molecule has 23 heavy (non-hydrogen) atoms. The number of carboxylic acid groups (broad SMARTS) is 1. The molecule has 0 aliphatic heterocycles. The molecule has 2 aromatic carbocycles. The van der Waals surface area contributed by atoms with Crippen molar-refractivity contribution in [2.24, 2.45) is 0 Å². The summed E-state index contributed by atoms with van der Waals surface area (Å²) in [5.74, 6) is -0.987. The molecule has 0 fully saturated rings. The van der Waals surface area contributed by atoms with Crippen molar-refractivity contribution in [1.29, 1.82) is 0 Å². The average Bonchev–Trinajstić information content (AvgIpc) is 2.99. The molecule has 4 nitrogen and oxygen atoms in total. The van der Waals surface area contributed by atoms with Crippen molar-refractivity contribution in [1.82, 2.24) is 9.78 Å². The van der Waals surface area contributed by atoms with Crippen LogP contribution in [0.3, 0.4) is 0 Å². The minimum absolute atomic E-state index is 0.735. The molecule has 0 unspecified atom stereocenters. The van der Waals surface area contributed by atoms with Crippen molar-refractivity contribution in [3.8, 4) is 16.9 Å². The first-order valence-electron chi connectivity index (χ1n) is 6.95. The lowest BCUT2D eigenvalue weighted by atomic mass is 10.1. The predicted molar refractivity (Wildman–Crippen MR) is 93.4 cm³/mol. The highest BCUT2D eigenvalue weighted by Gasteiger charge is 2.10. The third-order valence-corrected chi connectivity index (χ3v) is 3.82. The van der Waals surface area contributed by atoms with Crippen molar-refractivity contribution in [2.75, 3.05) is 0 Å². The number of halogens is 1. The molecular weight excluding hydrogens is 356 g/mol. The molecule has 114 valence electrons. The highest BCUT2D eigenvalue weighted by molar-refractivity contribution is 9.10. The molecule has 1 aromatic heterocycles. The summed E-state index contributed by atoms with van der Waals surface area (Å²) in [6, 6.07) is 17.5. The van der Waals surface area contributed by atoms with E-state index in [2.05, 4.69) is 21.0 Å². The first-order chi connectivity index (χ1) is 11.1. The quantitative estimate of drug-likeness (QED) is 0.694. The fourth-order valence-corrected chi connectivity index (χ4v) is 2.48. The molecule has 3 aromatic rings. The second kappa shape index (κ2) is 6.62. The van der Waals surface area contributed by atoms with Gasteiger partial charge in [0.2, 0.25) is 0 Å². The molecular formula is C18H13BrN2O2. The van der Waals surface area contributed by atoms with Gasteiger partial charge in [-0.05, 0) is 30.3 Å². The Bertz CT molecular complexity index is 852. The molecule has 0 bridgehead atoms. The Labute approximate surface area is 141 Å². The Balaban J connectivity index is 2.10. The van der Waals surface area contributed by atoms with Gasteiger partial charge in [-0.2, -0.15) is 5.10 Å². The van der Waals surface area contributed by atoms with Crippen LogP contribution in [-0.2, 0) is 4.79 Å². The summed E-state index contributed by atoms with van der Waals surface area (Å²) in [7, 11) is 0. The van der Waals surface area contributed by atoms with Crippen LogP contribution in [0.5, 0.6) is 0 Å². The van der Waals surface area contributed by atoms with Crippen LogP contribution in [0.2, 0.25) is 0 Å². The Morgan fingerprint density at radius 2 is 1.78 bits per heavy atom. The van der Waals surface area contributed by atoms with E-state index >= 15 is 0 Å². The highest BCUT2D eigenvalue weighted by atomic mass is 79.9. The van der Waals surface area contributed by atoms with Crippen molar-refractivity contribution >= 4 is 28.0 Å². The molecule has 1 N–H and O–H groups in total. The molecule has 0 aliphatic carbocycles. The van der Waals surface area contributed by atoms with Crippen molar-refractivity contribution in [2.45, 2.75) is 0 Å². The Morgan fingerprint density at radius 1 is 1.09 bits per heavy atom. The van der Waals surface area contributed by atoms with E-state index in [4.69, 9.17) is 5.11 Å². The fourth-order valence-electron chi connectivity index (χ4n) is 2.22. The van der Waals surface area contributed by atoms with Crippen LogP contribution in [0.25, 0.3) is 23.0 Å². The van der Waals surface area contributed by atoms with E-state index in [-0.39, 0.29) is 0 Å². The van der Waals surface area contributed by atoms with Crippen LogP contribution in [0.1, 0.15) is 5.56 Å². The molecule has 0 atom stereocenters. The van der Waals surface area contributed by atoms with Crippen molar-refractivity contribution in [3.63, 3.8) is 0 Å². The van der Waals surface area contributed by atoms with E-state index in [1.807, 2.05) is 60.8 Å². The van der Waals surface area contributed by atoms with Crippen LogP contribution in [0.4, 0.5) is 0 Å². The first kappa shape index (κ1) is 15.2. The summed E-state index contributed by atoms with van der Waals surface area (Å²) in [6.07, 6.45) is 4.51. The van der Waals surface area contributed by atoms with Gasteiger partial charge in [0, 0.05) is 27.9 Å². The average molecular weight is 369 g/mol. The SMILES string of the molecule is O=C(O)C=Cc1cn(-c2ccccc2)nc1-c1ccc(Br)cc1. The maximum absolute atomic E-state index is 10.8. The zero-order valence-electron chi connectivity index (χ0n) is 12.1. The van der Waals surface area contributed by atoms with E-state index in [1.54, 1.807) is 10.8 Å². The van der Waals surface area contributed by atoms with Gasteiger partial charge in [-0.3, -0.25) is 0 Å². The van der Waals surface area contributed by atoms with Crippen LogP contribution in [-0.4, -0.2) is 20.9 Å². The van der Waals surface area contributed by atoms with Gasteiger partial charge in [0.25, 0.3) is 0 Å². The van der Waals surface area contributed by atoms with E-state index in [9.17, 15) is 4.79 Å². The van der Waals surface area contributed by atoms with Gasteiger partial charge in [-0.1, -0.05) is 46.3 Å². The fraction of sp³-hybridized carbons (Fsp3) is 0. The molecule has 0 amide bonds.